The summed E-state index contributed by atoms with van der Waals surface area (Å²) in [6.45, 7) is 6.11. The van der Waals surface area contributed by atoms with E-state index in [1.807, 2.05) is 38.1 Å². The second-order valence-corrected chi connectivity index (χ2v) is 7.96. The highest BCUT2D eigenvalue weighted by Gasteiger charge is 2.46. The summed E-state index contributed by atoms with van der Waals surface area (Å²) >= 11 is 0. The van der Waals surface area contributed by atoms with E-state index in [1.54, 1.807) is 13.0 Å². The maximum absolute atomic E-state index is 10.8. The molecular formula is C29H26O3. The van der Waals surface area contributed by atoms with Crippen LogP contribution in [0.2, 0.25) is 0 Å². The normalized spacial score (nSPS) is 14.8. The molecule has 0 bridgehead atoms. The van der Waals surface area contributed by atoms with Crippen molar-refractivity contribution in [3.8, 4) is 16.9 Å². The van der Waals surface area contributed by atoms with Crippen molar-refractivity contribution < 1.29 is 14.6 Å². The molecule has 1 aliphatic carbocycles. The first-order valence-corrected chi connectivity index (χ1v) is 10.7. The average Bonchev–Trinajstić information content (AvgIpc) is 3.10. The number of phenolic OH excluding ortho intramolecular Hbond substituents is 1. The molecule has 3 aromatic carbocycles. The highest BCUT2D eigenvalue weighted by Crippen LogP contribution is 2.56. The molecule has 0 spiro atoms. The van der Waals surface area contributed by atoms with Crippen molar-refractivity contribution in [3.63, 3.8) is 0 Å². The monoisotopic (exact) mass is 422 g/mol. The molecular weight excluding hydrogens is 396 g/mol. The summed E-state index contributed by atoms with van der Waals surface area (Å²) in [6, 6.07) is 22.7. The molecule has 0 aliphatic heterocycles. The Morgan fingerprint density at radius 1 is 0.938 bits per heavy atom. The van der Waals surface area contributed by atoms with Gasteiger partial charge in [-0.05, 0) is 71.9 Å². The lowest BCUT2D eigenvalue weighted by Crippen LogP contribution is -2.29. The molecule has 0 radical (unpaired) electrons. The number of phenols is 1. The molecule has 4 rings (SSSR count). The molecule has 0 saturated heterocycles. The third-order valence-corrected chi connectivity index (χ3v) is 6.09. The first-order chi connectivity index (χ1) is 15.5. The van der Waals surface area contributed by atoms with Gasteiger partial charge in [0.1, 0.15) is 11.5 Å². The Bertz CT molecular complexity index is 1220. The summed E-state index contributed by atoms with van der Waals surface area (Å²) in [5.74, 6) is 0.786. The van der Waals surface area contributed by atoms with Gasteiger partial charge < -0.3 is 9.84 Å². The van der Waals surface area contributed by atoms with E-state index in [2.05, 4.69) is 60.7 Å². The van der Waals surface area contributed by atoms with E-state index in [1.165, 1.54) is 22.3 Å². The van der Waals surface area contributed by atoms with Crippen molar-refractivity contribution >= 4 is 6.47 Å². The highest BCUT2D eigenvalue weighted by atomic mass is 16.5. The smallest absolute Gasteiger partial charge is 0.298 e. The number of hydrogen-bond acceptors (Lipinski definition) is 3. The second kappa shape index (κ2) is 8.72. The van der Waals surface area contributed by atoms with E-state index >= 15 is 0 Å². The standard InChI is InChI=1S/C29H26O3/c1-4-9-22(15-14-21(3)32-19-30)29(23-16-17-28(31)20(2)18-23)26-12-7-5-10-24(26)25-11-6-8-13-27(25)29/h4-19,31H,1-3H3/b9-4+,21-14+,22-15+. The number of fused-ring (bicyclic) bond motifs is 3. The van der Waals surface area contributed by atoms with Crippen molar-refractivity contribution in [3.05, 3.63) is 125 Å². The molecule has 0 saturated carbocycles. The van der Waals surface area contributed by atoms with Crippen LogP contribution in [0, 0.1) is 6.92 Å². The van der Waals surface area contributed by atoms with Crippen molar-refractivity contribution in [2.75, 3.05) is 0 Å². The molecule has 3 aromatic rings. The molecule has 0 atom stereocenters. The van der Waals surface area contributed by atoms with Gasteiger partial charge in [-0.25, -0.2) is 0 Å². The van der Waals surface area contributed by atoms with Gasteiger partial charge in [0.15, 0.2) is 0 Å². The van der Waals surface area contributed by atoms with Crippen molar-refractivity contribution in [2.45, 2.75) is 26.2 Å². The minimum atomic E-state index is -0.587. The summed E-state index contributed by atoms with van der Waals surface area (Å²) in [6.07, 6.45) is 7.96. The molecule has 0 unspecified atom stereocenters. The van der Waals surface area contributed by atoms with Crippen molar-refractivity contribution in [1.29, 1.82) is 0 Å². The van der Waals surface area contributed by atoms with Crippen LogP contribution in [0.3, 0.4) is 0 Å². The largest absolute Gasteiger partial charge is 0.508 e. The fourth-order valence-electron chi connectivity index (χ4n) is 4.72. The van der Waals surface area contributed by atoms with Crippen molar-refractivity contribution in [1.82, 2.24) is 0 Å². The zero-order chi connectivity index (χ0) is 22.7. The van der Waals surface area contributed by atoms with Gasteiger partial charge >= 0.3 is 0 Å². The van der Waals surface area contributed by atoms with Gasteiger partial charge in [0.2, 0.25) is 0 Å². The molecule has 32 heavy (non-hydrogen) atoms. The Balaban J connectivity index is 2.14. The number of hydrogen-bond donors (Lipinski definition) is 1. The van der Waals surface area contributed by atoms with E-state index in [9.17, 15) is 9.90 Å². The summed E-state index contributed by atoms with van der Waals surface area (Å²) in [5, 5.41) is 10.3. The van der Waals surface area contributed by atoms with E-state index in [0.29, 0.717) is 12.2 Å². The average molecular weight is 423 g/mol. The number of aromatic hydroxyl groups is 1. The van der Waals surface area contributed by atoms with Crippen LogP contribution in [0.5, 0.6) is 5.75 Å². The zero-order valence-electron chi connectivity index (χ0n) is 18.5. The van der Waals surface area contributed by atoms with Gasteiger partial charge in [0.25, 0.3) is 6.47 Å². The number of allylic oxidation sites excluding steroid dienone is 6. The molecule has 0 aromatic heterocycles. The van der Waals surface area contributed by atoms with Gasteiger partial charge in [0.05, 0.1) is 5.41 Å². The van der Waals surface area contributed by atoms with Crippen LogP contribution in [0.4, 0.5) is 0 Å². The molecule has 3 heteroatoms. The lowest BCUT2D eigenvalue weighted by atomic mass is 9.66. The van der Waals surface area contributed by atoms with E-state index in [-0.39, 0.29) is 5.75 Å². The highest BCUT2D eigenvalue weighted by molar-refractivity contribution is 5.86. The topological polar surface area (TPSA) is 46.5 Å². The Morgan fingerprint density at radius 3 is 2.12 bits per heavy atom. The lowest BCUT2D eigenvalue weighted by molar-refractivity contribution is -0.124. The maximum atomic E-state index is 10.8. The Labute approximate surface area is 189 Å². The van der Waals surface area contributed by atoms with Crippen LogP contribution >= 0.6 is 0 Å². The molecule has 160 valence electrons. The molecule has 1 N–H and O–H groups in total. The fraction of sp³-hybridized carbons (Fsp3) is 0.138. The van der Waals surface area contributed by atoms with Gasteiger partial charge in [-0.2, -0.15) is 0 Å². The fourth-order valence-corrected chi connectivity index (χ4v) is 4.72. The van der Waals surface area contributed by atoms with Crippen LogP contribution < -0.4 is 0 Å². The SMILES string of the molecule is C/C=C/C(=C\C=C(/C)OC=O)C1(c2ccc(O)c(C)c2)c2ccccc2-c2ccccc21. The van der Waals surface area contributed by atoms with Crippen LogP contribution in [-0.2, 0) is 14.9 Å². The summed E-state index contributed by atoms with van der Waals surface area (Å²) < 4.78 is 5.02. The summed E-state index contributed by atoms with van der Waals surface area (Å²) in [7, 11) is 0. The first-order valence-electron chi connectivity index (χ1n) is 10.7. The Morgan fingerprint density at radius 2 is 1.56 bits per heavy atom. The third kappa shape index (κ3) is 3.36. The molecule has 0 amide bonds. The van der Waals surface area contributed by atoms with E-state index < -0.39 is 5.41 Å². The maximum Gasteiger partial charge on any atom is 0.298 e. The summed E-state index contributed by atoms with van der Waals surface area (Å²) in [4.78, 5) is 10.8. The van der Waals surface area contributed by atoms with Crippen LogP contribution in [0.25, 0.3) is 11.1 Å². The minimum Gasteiger partial charge on any atom is -0.508 e. The summed E-state index contributed by atoms with van der Waals surface area (Å²) in [5.41, 5.74) is 7.07. The quantitative estimate of drug-likeness (QED) is 0.277. The molecule has 3 nitrogen and oxygen atoms in total. The minimum absolute atomic E-state index is 0.273. The van der Waals surface area contributed by atoms with Gasteiger partial charge in [-0.3, -0.25) is 4.79 Å². The predicted octanol–water partition coefficient (Wildman–Crippen LogP) is 6.59. The van der Waals surface area contributed by atoms with Crippen LogP contribution in [0.15, 0.2) is 102 Å². The number of rotatable bonds is 6. The van der Waals surface area contributed by atoms with Gasteiger partial charge in [-0.15, -0.1) is 0 Å². The second-order valence-electron chi connectivity index (χ2n) is 7.96. The Kier molecular flexibility index (Phi) is 5.83. The molecule has 0 heterocycles. The predicted molar refractivity (Wildman–Crippen MR) is 128 cm³/mol. The molecule has 0 fully saturated rings. The third-order valence-electron chi connectivity index (χ3n) is 6.09. The Hall–Kier alpha value is -3.85. The first kappa shape index (κ1) is 21.4. The van der Waals surface area contributed by atoms with E-state index in [0.717, 1.165) is 16.7 Å². The number of ether oxygens (including phenoxy) is 1. The molecule has 1 aliphatic rings. The number of carbonyl (C=O) groups excluding carboxylic acids is 1. The van der Waals surface area contributed by atoms with Crippen molar-refractivity contribution in [2.24, 2.45) is 0 Å². The van der Waals surface area contributed by atoms with Crippen LogP contribution in [0.1, 0.15) is 36.1 Å². The van der Waals surface area contributed by atoms with Gasteiger partial charge in [0, 0.05) is 0 Å². The van der Waals surface area contributed by atoms with E-state index in [4.69, 9.17) is 4.74 Å². The van der Waals surface area contributed by atoms with Crippen LogP contribution in [-0.4, -0.2) is 11.6 Å². The lowest BCUT2D eigenvalue weighted by Gasteiger charge is -2.35. The number of aryl methyl sites for hydroxylation is 1. The number of carbonyl (C=O) groups is 1. The number of benzene rings is 3. The van der Waals surface area contributed by atoms with Gasteiger partial charge in [-0.1, -0.05) is 78.9 Å². The zero-order valence-corrected chi connectivity index (χ0v) is 18.5.